The number of hydrogen-bond acceptors (Lipinski definition) is 4. The van der Waals surface area contributed by atoms with Crippen LogP contribution >= 0.6 is 0 Å². The summed E-state index contributed by atoms with van der Waals surface area (Å²) in [5.41, 5.74) is 0.640. The molecule has 7 heteroatoms. The Labute approximate surface area is 143 Å². The molecular weight excluding hydrogens is 327 g/mol. The van der Waals surface area contributed by atoms with Crippen LogP contribution in [0, 0.1) is 15.9 Å². The second-order valence-electron chi connectivity index (χ2n) is 5.38. The summed E-state index contributed by atoms with van der Waals surface area (Å²) in [4.78, 5) is 21.9. The van der Waals surface area contributed by atoms with Crippen LogP contribution in [-0.4, -0.2) is 28.6 Å². The number of rotatable bonds is 7. The number of nitro benzene ring substituents is 1. The highest BCUT2D eigenvalue weighted by Crippen LogP contribution is 2.20. The lowest BCUT2D eigenvalue weighted by Gasteiger charge is -2.10. The molecule has 0 aromatic heterocycles. The number of aliphatic hydroxyl groups excluding tert-OH is 1. The third-order valence-corrected chi connectivity index (χ3v) is 3.43. The van der Waals surface area contributed by atoms with Gasteiger partial charge in [0.1, 0.15) is 5.82 Å². The van der Waals surface area contributed by atoms with Crippen molar-refractivity contribution in [3.8, 4) is 0 Å². The molecule has 1 unspecified atom stereocenters. The molecule has 0 aliphatic carbocycles. The molecule has 6 nitrogen and oxygen atoms in total. The van der Waals surface area contributed by atoms with Crippen LogP contribution < -0.4 is 5.32 Å². The molecule has 2 aromatic carbocycles. The van der Waals surface area contributed by atoms with Crippen LogP contribution in [0.15, 0.2) is 54.6 Å². The minimum atomic E-state index is -0.750. The molecule has 0 aliphatic rings. The average molecular weight is 344 g/mol. The van der Waals surface area contributed by atoms with Gasteiger partial charge in [-0.1, -0.05) is 30.3 Å². The zero-order valence-corrected chi connectivity index (χ0v) is 13.3. The fourth-order valence-electron chi connectivity index (χ4n) is 2.22. The number of nitrogens with zero attached hydrogens (tertiary/aromatic N) is 1. The highest BCUT2D eigenvalue weighted by molar-refractivity contribution is 5.92. The van der Waals surface area contributed by atoms with E-state index in [0.29, 0.717) is 6.42 Å². The maximum atomic E-state index is 13.1. The molecule has 130 valence electrons. The number of hydrogen-bond donors (Lipinski definition) is 2. The second kappa shape index (κ2) is 8.70. The molecule has 1 atom stereocenters. The van der Waals surface area contributed by atoms with Crippen molar-refractivity contribution in [1.82, 2.24) is 5.32 Å². The van der Waals surface area contributed by atoms with Crippen LogP contribution in [-0.2, 0) is 11.2 Å². The molecule has 2 rings (SSSR count). The van der Waals surface area contributed by atoms with Crippen molar-refractivity contribution in [1.29, 1.82) is 0 Å². The highest BCUT2D eigenvalue weighted by atomic mass is 19.1. The molecular formula is C18H17FN2O4. The molecule has 2 aromatic rings. The zero-order valence-electron chi connectivity index (χ0n) is 13.3. The molecule has 0 aliphatic heterocycles. The van der Waals surface area contributed by atoms with E-state index < -0.39 is 28.4 Å². The Morgan fingerprint density at radius 2 is 2.00 bits per heavy atom. The predicted molar refractivity (Wildman–Crippen MR) is 91.3 cm³/mol. The summed E-state index contributed by atoms with van der Waals surface area (Å²) in [5.74, 6) is -1.23. The summed E-state index contributed by atoms with van der Waals surface area (Å²) >= 11 is 0. The van der Waals surface area contributed by atoms with Gasteiger partial charge in [-0.3, -0.25) is 14.9 Å². The van der Waals surface area contributed by atoms with Gasteiger partial charge in [0.05, 0.1) is 22.7 Å². The van der Waals surface area contributed by atoms with Crippen molar-refractivity contribution >= 4 is 17.7 Å². The SMILES string of the molecule is O=C(/C=C/c1ccc(F)cc1[N+](=O)[O-])NCC(O)Cc1ccccc1. The molecule has 0 heterocycles. The first-order valence-corrected chi connectivity index (χ1v) is 7.57. The number of halogens is 1. The van der Waals surface area contributed by atoms with Crippen LogP contribution in [0.25, 0.3) is 6.08 Å². The number of carbonyl (C=O) groups excluding carboxylic acids is 1. The molecule has 0 spiro atoms. The number of nitrogens with one attached hydrogen (secondary N) is 1. The fourth-order valence-corrected chi connectivity index (χ4v) is 2.22. The summed E-state index contributed by atoms with van der Waals surface area (Å²) < 4.78 is 13.1. The summed E-state index contributed by atoms with van der Waals surface area (Å²) in [6.07, 6.45) is 1.99. The fraction of sp³-hybridized carbons (Fsp3) is 0.167. The first-order chi connectivity index (χ1) is 12.0. The van der Waals surface area contributed by atoms with Gasteiger partial charge < -0.3 is 10.4 Å². The van der Waals surface area contributed by atoms with Gasteiger partial charge in [-0.05, 0) is 23.8 Å². The second-order valence-corrected chi connectivity index (χ2v) is 5.38. The number of amides is 1. The summed E-state index contributed by atoms with van der Waals surface area (Å²) in [6.45, 7) is 0.0452. The minimum Gasteiger partial charge on any atom is -0.391 e. The van der Waals surface area contributed by atoms with Crippen molar-refractivity contribution in [2.45, 2.75) is 12.5 Å². The number of aliphatic hydroxyl groups is 1. The van der Waals surface area contributed by atoms with Gasteiger partial charge in [-0.25, -0.2) is 4.39 Å². The molecule has 0 saturated carbocycles. The van der Waals surface area contributed by atoms with Gasteiger partial charge in [-0.2, -0.15) is 0 Å². The van der Waals surface area contributed by atoms with Crippen LogP contribution in [0.1, 0.15) is 11.1 Å². The highest BCUT2D eigenvalue weighted by Gasteiger charge is 2.13. The van der Waals surface area contributed by atoms with E-state index in [1.807, 2.05) is 30.3 Å². The number of nitro groups is 1. The Kier molecular flexibility index (Phi) is 6.36. The molecule has 1 amide bonds. The molecule has 25 heavy (non-hydrogen) atoms. The van der Waals surface area contributed by atoms with Gasteiger partial charge in [-0.15, -0.1) is 0 Å². The number of carbonyl (C=O) groups is 1. The van der Waals surface area contributed by atoms with Gasteiger partial charge in [0, 0.05) is 19.0 Å². The maximum Gasteiger partial charge on any atom is 0.279 e. The van der Waals surface area contributed by atoms with Crippen LogP contribution in [0.5, 0.6) is 0 Å². The van der Waals surface area contributed by atoms with E-state index in [9.17, 15) is 24.4 Å². The minimum absolute atomic E-state index is 0.0452. The van der Waals surface area contributed by atoms with Gasteiger partial charge in [0.25, 0.3) is 5.69 Å². The van der Waals surface area contributed by atoms with Crippen LogP contribution in [0.4, 0.5) is 10.1 Å². The Morgan fingerprint density at radius 3 is 2.68 bits per heavy atom. The first-order valence-electron chi connectivity index (χ1n) is 7.57. The first kappa shape index (κ1) is 18.3. The van der Waals surface area contributed by atoms with Gasteiger partial charge in [0.2, 0.25) is 5.91 Å². The van der Waals surface area contributed by atoms with E-state index in [0.717, 1.165) is 23.8 Å². The summed E-state index contributed by atoms with van der Waals surface area (Å²) in [7, 11) is 0. The van der Waals surface area contributed by atoms with E-state index >= 15 is 0 Å². The maximum absolute atomic E-state index is 13.1. The number of benzene rings is 2. The van der Waals surface area contributed by atoms with E-state index in [1.54, 1.807) is 0 Å². The lowest BCUT2D eigenvalue weighted by atomic mass is 10.1. The van der Waals surface area contributed by atoms with Crippen LogP contribution in [0.3, 0.4) is 0 Å². The molecule has 0 saturated heterocycles. The Morgan fingerprint density at radius 1 is 1.28 bits per heavy atom. The van der Waals surface area contributed by atoms with Crippen molar-refractivity contribution < 1.29 is 19.2 Å². The quantitative estimate of drug-likeness (QED) is 0.458. The van der Waals surface area contributed by atoms with Gasteiger partial charge >= 0.3 is 0 Å². The summed E-state index contributed by atoms with van der Waals surface area (Å²) in [5, 5.41) is 23.3. The van der Waals surface area contributed by atoms with E-state index in [1.165, 1.54) is 12.1 Å². The smallest absolute Gasteiger partial charge is 0.279 e. The molecule has 0 fully saturated rings. The third-order valence-electron chi connectivity index (χ3n) is 3.43. The lowest BCUT2D eigenvalue weighted by Crippen LogP contribution is -2.32. The molecule has 0 bridgehead atoms. The van der Waals surface area contributed by atoms with Crippen LogP contribution in [0.2, 0.25) is 0 Å². The normalized spacial score (nSPS) is 12.1. The van der Waals surface area contributed by atoms with Crippen molar-refractivity contribution in [3.63, 3.8) is 0 Å². The predicted octanol–water partition coefficient (Wildman–Crippen LogP) is 2.47. The van der Waals surface area contributed by atoms with Crippen molar-refractivity contribution in [2.24, 2.45) is 0 Å². The zero-order chi connectivity index (χ0) is 18.2. The Bertz CT molecular complexity index is 778. The monoisotopic (exact) mass is 344 g/mol. The molecule has 2 N–H and O–H groups in total. The third kappa shape index (κ3) is 5.82. The topological polar surface area (TPSA) is 92.5 Å². The Hall–Kier alpha value is -3.06. The van der Waals surface area contributed by atoms with Crippen molar-refractivity contribution in [3.05, 3.63) is 81.7 Å². The summed E-state index contributed by atoms with van der Waals surface area (Å²) in [6, 6.07) is 12.4. The largest absolute Gasteiger partial charge is 0.391 e. The van der Waals surface area contributed by atoms with Crippen molar-refractivity contribution in [2.75, 3.05) is 6.54 Å². The Balaban J connectivity index is 1.90. The lowest BCUT2D eigenvalue weighted by molar-refractivity contribution is -0.385. The van der Waals surface area contributed by atoms with E-state index in [2.05, 4.69) is 5.32 Å². The van der Waals surface area contributed by atoms with Gasteiger partial charge in [0.15, 0.2) is 0 Å². The average Bonchev–Trinajstić information content (AvgIpc) is 2.59. The standard InChI is InChI=1S/C18H17FN2O4/c19-15-8-6-14(17(11-15)21(24)25)7-9-18(23)20-12-16(22)10-13-4-2-1-3-5-13/h1-9,11,16,22H,10,12H2,(H,20,23)/b9-7+. The van der Waals surface area contributed by atoms with E-state index in [4.69, 9.17) is 0 Å². The molecule has 0 radical (unpaired) electrons. The van der Waals surface area contributed by atoms with E-state index in [-0.39, 0.29) is 12.1 Å².